The van der Waals surface area contributed by atoms with Crippen LogP contribution >= 0.6 is 23.1 Å². The first-order valence-corrected chi connectivity index (χ1v) is 10.8. The maximum absolute atomic E-state index is 12.2. The molecule has 1 fully saturated rings. The third-order valence-corrected chi connectivity index (χ3v) is 6.12. The number of carbonyl (C=O) groups excluding carboxylic acids is 2. The fourth-order valence-corrected chi connectivity index (χ4v) is 4.51. The van der Waals surface area contributed by atoms with Crippen LogP contribution in [0.1, 0.15) is 6.92 Å². The number of nitrogens with zero attached hydrogens (tertiary/aromatic N) is 3. The van der Waals surface area contributed by atoms with Crippen molar-refractivity contribution in [2.24, 2.45) is 12.0 Å². The van der Waals surface area contributed by atoms with Gasteiger partial charge in [-0.2, -0.15) is 4.99 Å². The van der Waals surface area contributed by atoms with Crippen molar-refractivity contribution in [2.75, 3.05) is 44.4 Å². The molecule has 1 aliphatic heterocycles. The summed E-state index contributed by atoms with van der Waals surface area (Å²) < 4.78 is 13.7. The van der Waals surface area contributed by atoms with Crippen molar-refractivity contribution in [2.45, 2.75) is 6.92 Å². The summed E-state index contributed by atoms with van der Waals surface area (Å²) in [5.74, 6) is 1.10. The molecule has 146 valence electrons. The highest BCUT2D eigenvalue weighted by Gasteiger charge is 2.17. The maximum atomic E-state index is 12.2. The largest absolute Gasteiger partial charge is 0.494 e. The van der Waals surface area contributed by atoms with Crippen LogP contribution in [0.5, 0.6) is 5.75 Å². The van der Waals surface area contributed by atoms with Gasteiger partial charge in [0.1, 0.15) is 5.75 Å². The third-order valence-electron chi connectivity index (χ3n) is 4.13. The van der Waals surface area contributed by atoms with Crippen LogP contribution in [0.15, 0.2) is 23.2 Å². The van der Waals surface area contributed by atoms with E-state index in [9.17, 15) is 9.59 Å². The smallest absolute Gasteiger partial charge is 0.258 e. The number of fused-ring (bicyclic) bond motifs is 1. The minimum absolute atomic E-state index is 0.0481. The monoisotopic (exact) mass is 409 g/mol. The van der Waals surface area contributed by atoms with Gasteiger partial charge in [0.15, 0.2) is 4.80 Å². The van der Waals surface area contributed by atoms with Crippen LogP contribution in [-0.4, -0.2) is 65.7 Å². The molecular formula is C18H23N3O4S2. The van der Waals surface area contributed by atoms with Gasteiger partial charge in [0.05, 0.1) is 41.5 Å². The van der Waals surface area contributed by atoms with Crippen LogP contribution < -0.4 is 9.54 Å². The molecule has 0 spiro atoms. The lowest BCUT2D eigenvalue weighted by atomic mass is 10.3. The van der Waals surface area contributed by atoms with Crippen molar-refractivity contribution in [1.82, 2.24) is 9.47 Å². The van der Waals surface area contributed by atoms with E-state index in [1.54, 1.807) is 4.90 Å². The molecule has 2 heterocycles. The summed E-state index contributed by atoms with van der Waals surface area (Å²) in [6, 6.07) is 5.84. The number of amides is 2. The Bertz CT molecular complexity index is 884. The zero-order valence-corrected chi connectivity index (χ0v) is 17.1. The van der Waals surface area contributed by atoms with Crippen LogP contribution in [0.4, 0.5) is 0 Å². The van der Waals surface area contributed by atoms with Crippen LogP contribution in [0.2, 0.25) is 0 Å². The summed E-state index contributed by atoms with van der Waals surface area (Å²) in [4.78, 5) is 30.9. The third kappa shape index (κ3) is 5.12. The van der Waals surface area contributed by atoms with E-state index in [0.717, 1.165) is 16.0 Å². The lowest BCUT2D eigenvalue weighted by Gasteiger charge is -2.26. The standard InChI is InChI=1S/C18H23N3O4S2/c1-3-25-13-4-5-14-15(10-13)27-18(20(14)2)19-16(22)11-26-12-17(23)21-6-8-24-9-7-21/h4-5,10H,3,6-9,11-12H2,1-2H3. The number of thioether (sulfide) groups is 1. The Morgan fingerprint density at radius 1 is 1.30 bits per heavy atom. The molecule has 1 aliphatic rings. The van der Waals surface area contributed by atoms with Gasteiger partial charge in [0.25, 0.3) is 5.91 Å². The molecule has 1 saturated heterocycles. The van der Waals surface area contributed by atoms with E-state index < -0.39 is 0 Å². The minimum atomic E-state index is -0.234. The number of ether oxygens (including phenoxy) is 2. The second-order valence-electron chi connectivity index (χ2n) is 6.00. The number of aryl methyl sites for hydroxylation is 1. The second-order valence-corrected chi connectivity index (χ2v) is 7.99. The van der Waals surface area contributed by atoms with E-state index in [2.05, 4.69) is 4.99 Å². The summed E-state index contributed by atoms with van der Waals surface area (Å²) in [5, 5.41) is 0. The quantitative estimate of drug-likeness (QED) is 0.726. The molecule has 2 aromatic rings. The molecule has 0 aliphatic carbocycles. The summed E-state index contributed by atoms with van der Waals surface area (Å²) in [7, 11) is 1.89. The molecule has 0 radical (unpaired) electrons. The predicted molar refractivity (Wildman–Crippen MR) is 107 cm³/mol. The number of morpholine rings is 1. The first kappa shape index (κ1) is 19.9. The van der Waals surface area contributed by atoms with Gasteiger partial charge in [0.2, 0.25) is 5.91 Å². The lowest BCUT2D eigenvalue weighted by molar-refractivity contribution is -0.132. The van der Waals surface area contributed by atoms with E-state index in [-0.39, 0.29) is 23.3 Å². The number of carbonyl (C=O) groups is 2. The summed E-state index contributed by atoms with van der Waals surface area (Å²) in [6.45, 7) is 4.97. The Morgan fingerprint density at radius 2 is 2.07 bits per heavy atom. The molecule has 0 unspecified atom stereocenters. The van der Waals surface area contributed by atoms with E-state index in [1.807, 2.05) is 36.7 Å². The Labute approximate surface area is 166 Å². The van der Waals surface area contributed by atoms with E-state index >= 15 is 0 Å². The molecule has 0 atom stereocenters. The van der Waals surface area contributed by atoms with Gasteiger partial charge in [-0.25, -0.2) is 0 Å². The van der Waals surface area contributed by atoms with E-state index in [0.29, 0.717) is 37.7 Å². The van der Waals surface area contributed by atoms with Gasteiger partial charge in [-0.3, -0.25) is 9.59 Å². The van der Waals surface area contributed by atoms with Gasteiger partial charge < -0.3 is 18.9 Å². The Morgan fingerprint density at radius 3 is 2.81 bits per heavy atom. The van der Waals surface area contributed by atoms with Crippen molar-refractivity contribution in [1.29, 1.82) is 0 Å². The number of benzene rings is 1. The molecule has 0 saturated carbocycles. The summed E-state index contributed by atoms with van der Waals surface area (Å²) in [5.41, 5.74) is 1.00. The number of hydrogen-bond acceptors (Lipinski definition) is 6. The number of hydrogen-bond donors (Lipinski definition) is 0. The molecule has 0 N–H and O–H groups in total. The molecule has 0 bridgehead atoms. The van der Waals surface area contributed by atoms with Crippen LogP contribution in [0, 0.1) is 0 Å². The number of aromatic nitrogens is 1. The highest BCUT2D eigenvalue weighted by atomic mass is 32.2. The molecule has 27 heavy (non-hydrogen) atoms. The Kier molecular flexibility index (Phi) is 6.92. The number of rotatable bonds is 6. The van der Waals surface area contributed by atoms with Gasteiger partial charge >= 0.3 is 0 Å². The van der Waals surface area contributed by atoms with Gasteiger partial charge in [-0.1, -0.05) is 11.3 Å². The first-order valence-electron chi connectivity index (χ1n) is 8.81. The zero-order chi connectivity index (χ0) is 19.2. The van der Waals surface area contributed by atoms with Gasteiger partial charge in [-0.05, 0) is 25.1 Å². The van der Waals surface area contributed by atoms with Crippen LogP contribution in [0.3, 0.4) is 0 Å². The number of thiazole rings is 1. The summed E-state index contributed by atoms with van der Waals surface area (Å²) in [6.07, 6.45) is 0. The van der Waals surface area contributed by atoms with Crippen molar-refractivity contribution >= 4 is 45.1 Å². The molecule has 2 amide bonds. The topological polar surface area (TPSA) is 73.1 Å². The van der Waals surface area contributed by atoms with Crippen molar-refractivity contribution < 1.29 is 19.1 Å². The fourth-order valence-electron chi connectivity index (χ4n) is 2.75. The second kappa shape index (κ2) is 9.38. The molecular weight excluding hydrogens is 386 g/mol. The normalized spacial score (nSPS) is 15.3. The molecule has 3 rings (SSSR count). The van der Waals surface area contributed by atoms with Gasteiger partial charge in [-0.15, -0.1) is 11.8 Å². The first-order chi connectivity index (χ1) is 13.1. The average Bonchev–Trinajstić information content (AvgIpc) is 2.97. The highest BCUT2D eigenvalue weighted by molar-refractivity contribution is 8.00. The van der Waals surface area contributed by atoms with Crippen molar-refractivity contribution in [3.63, 3.8) is 0 Å². The van der Waals surface area contributed by atoms with Crippen LogP contribution in [-0.2, 0) is 21.4 Å². The SMILES string of the molecule is CCOc1ccc2c(c1)sc(=NC(=O)CSCC(=O)N1CCOCC1)n2C. The van der Waals surface area contributed by atoms with Crippen LogP contribution in [0.25, 0.3) is 10.2 Å². The van der Waals surface area contributed by atoms with E-state index in [1.165, 1.54) is 23.1 Å². The zero-order valence-electron chi connectivity index (χ0n) is 15.5. The maximum Gasteiger partial charge on any atom is 0.258 e. The Balaban J connectivity index is 1.61. The highest BCUT2D eigenvalue weighted by Crippen LogP contribution is 2.22. The minimum Gasteiger partial charge on any atom is -0.494 e. The Hall–Kier alpha value is -1.84. The van der Waals surface area contributed by atoms with Gasteiger partial charge in [0, 0.05) is 20.1 Å². The lowest BCUT2D eigenvalue weighted by Crippen LogP contribution is -2.41. The molecule has 7 nitrogen and oxygen atoms in total. The average molecular weight is 410 g/mol. The van der Waals surface area contributed by atoms with Crippen molar-refractivity contribution in [3.05, 3.63) is 23.0 Å². The summed E-state index contributed by atoms with van der Waals surface area (Å²) >= 11 is 2.76. The van der Waals surface area contributed by atoms with E-state index in [4.69, 9.17) is 9.47 Å². The fraction of sp³-hybridized carbons (Fsp3) is 0.500. The van der Waals surface area contributed by atoms with Crippen molar-refractivity contribution in [3.8, 4) is 5.75 Å². The molecule has 1 aromatic heterocycles. The predicted octanol–water partition coefficient (Wildman–Crippen LogP) is 1.66. The molecule has 9 heteroatoms. The molecule has 1 aromatic carbocycles.